The third-order valence-electron chi connectivity index (χ3n) is 6.65. The topological polar surface area (TPSA) is 214 Å². The van der Waals surface area contributed by atoms with Gasteiger partial charge in [-0.15, -0.1) is 0 Å². The van der Waals surface area contributed by atoms with Gasteiger partial charge in [0.15, 0.2) is 12.6 Å². The predicted octanol–water partition coefficient (Wildman–Crippen LogP) is -2.33. The highest BCUT2D eigenvalue weighted by molar-refractivity contribution is 5.73. The van der Waals surface area contributed by atoms with Crippen molar-refractivity contribution >= 4 is 11.9 Å². The van der Waals surface area contributed by atoms with Gasteiger partial charge >= 0.3 is 5.97 Å². The average molecular weight is 554 g/mol. The minimum atomic E-state index is -1.73. The van der Waals surface area contributed by atoms with Gasteiger partial charge < -0.3 is 59.6 Å². The van der Waals surface area contributed by atoms with Gasteiger partial charge in [-0.25, -0.2) is 0 Å². The normalized spacial score (nSPS) is 35.6. The van der Waals surface area contributed by atoms with Crippen LogP contribution in [0, 0.1) is 0 Å². The van der Waals surface area contributed by atoms with Crippen molar-refractivity contribution in [3.05, 3.63) is 0 Å². The van der Waals surface area contributed by atoms with Crippen molar-refractivity contribution in [2.24, 2.45) is 0 Å². The van der Waals surface area contributed by atoms with Crippen LogP contribution in [-0.2, 0) is 33.3 Å². The van der Waals surface area contributed by atoms with Crippen molar-refractivity contribution < 1.29 is 63.9 Å². The molecule has 10 atom stereocenters. The second kappa shape index (κ2) is 16.6. The third-order valence-corrected chi connectivity index (χ3v) is 6.65. The van der Waals surface area contributed by atoms with E-state index in [1.165, 1.54) is 14.0 Å². The van der Waals surface area contributed by atoms with Gasteiger partial charge in [-0.2, -0.15) is 0 Å². The minimum Gasteiger partial charge on any atom is -0.469 e. The smallest absolute Gasteiger partial charge is 0.305 e. The molecule has 222 valence electrons. The Morgan fingerprint density at radius 1 is 0.789 bits per heavy atom. The zero-order chi connectivity index (χ0) is 28.2. The lowest BCUT2D eigenvalue weighted by molar-refractivity contribution is -0.348. The standard InChI is InChI=1S/C24H43NO13/c1-13(28)25-17-19(31)22(38-24-21(33)20(32)18(30)14(11-26)36-24)15(12-27)37-23(17)35-10-8-6-4-3-5-7-9-16(29)34-2/h14-15,17-24,26-27,30-33H,3-12H2,1-2H3,(H,25,28)/t14-,15-,17-,18+,19-,20+,21-,22-,23-,24+/m1/s1. The molecule has 0 aromatic heterocycles. The molecule has 38 heavy (non-hydrogen) atoms. The van der Waals surface area contributed by atoms with Gasteiger partial charge in [-0.1, -0.05) is 25.7 Å². The van der Waals surface area contributed by atoms with Crippen molar-refractivity contribution in [1.82, 2.24) is 5.32 Å². The van der Waals surface area contributed by atoms with E-state index in [1.54, 1.807) is 0 Å². The Bertz CT molecular complexity index is 711. The molecule has 0 unspecified atom stereocenters. The molecule has 2 aliphatic heterocycles. The lowest BCUT2D eigenvalue weighted by Crippen LogP contribution is -2.67. The monoisotopic (exact) mass is 553 g/mol. The summed E-state index contributed by atoms with van der Waals surface area (Å²) in [6.07, 6.45) is -7.41. The molecule has 14 heteroatoms. The number of rotatable bonds is 15. The van der Waals surface area contributed by atoms with Gasteiger partial charge in [0.25, 0.3) is 0 Å². The Kier molecular flexibility index (Phi) is 14.3. The lowest BCUT2D eigenvalue weighted by Gasteiger charge is -2.47. The van der Waals surface area contributed by atoms with E-state index in [4.69, 9.17) is 18.9 Å². The van der Waals surface area contributed by atoms with E-state index < -0.39 is 80.5 Å². The van der Waals surface area contributed by atoms with E-state index in [2.05, 4.69) is 10.1 Å². The number of carbonyl (C=O) groups excluding carboxylic acids is 2. The Balaban J connectivity index is 1.91. The highest BCUT2D eigenvalue weighted by atomic mass is 16.7. The van der Waals surface area contributed by atoms with Crippen molar-refractivity contribution in [1.29, 1.82) is 0 Å². The molecule has 2 heterocycles. The molecule has 2 saturated heterocycles. The summed E-state index contributed by atoms with van der Waals surface area (Å²) in [5, 5.41) is 63.2. The van der Waals surface area contributed by atoms with Crippen molar-refractivity contribution in [2.75, 3.05) is 26.9 Å². The summed E-state index contributed by atoms with van der Waals surface area (Å²) in [6.45, 7) is 0.217. The Morgan fingerprint density at radius 3 is 2.00 bits per heavy atom. The van der Waals surface area contributed by atoms with Gasteiger partial charge in [-0.3, -0.25) is 9.59 Å². The van der Waals surface area contributed by atoms with E-state index in [-0.39, 0.29) is 12.6 Å². The maximum absolute atomic E-state index is 11.8. The van der Waals surface area contributed by atoms with Crippen LogP contribution in [-0.4, -0.2) is 131 Å². The number of hydrogen-bond acceptors (Lipinski definition) is 13. The number of nitrogens with one attached hydrogen (secondary N) is 1. The molecule has 0 bridgehead atoms. The second-order valence-corrected chi connectivity index (χ2v) is 9.56. The summed E-state index contributed by atoms with van der Waals surface area (Å²) in [6, 6.07) is -1.09. The number of hydrogen-bond donors (Lipinski definition) is 7. The number of aliphatic hydroxyl groups excluding tert-OH is 6. The average Bonchev–Trinajstić information content (AvgIpc) is 2.90. The van der Waals surface area contributed by atoms with Gasteiger partial charge in [0.1, 0.15) is 48.8 Å². The summed E-state index contributed by atoms with van der Waals surface area (Å²) < 4.78 is 27.2. The zero-order valence-electron chi connectivity index (χ0n) is 21.9. The van der Waals surface area contributed by atoms with E-state index in [0.717, 1.165) is 32.1 Å². The molecule has 2 rings (SSSR count). The first kappa shape index (κ1) is 32.8. The zero-order valence-corrected chi connectivity index (χ0v) is 21.9. The Morgan fingerprint density at radius 2 is 1.39 bits per heavy atom. The fourth-order valence-corrected chi connectivity index (χ4v) is 4.48. The summed E-state index contributed by atoms with van der Waals surface area (Å²) >= 11 is 0. The third kappa shape index (κ3) is 9.33. The fraction of sp³-hybridized carbons (Fsp3) is 0.917. The van der Waals surface area contributed by atoms with Gasteiger partial charge in [-0.05, 0) is 12.8 Å². The number of amides is 1. The van der Waals surface area contributed by atoms with Crippen LogP contribution in [0.25, 0.3) is 0 Å². The first-order valence-electron chi connectivity index (χ1n) is 13.0. The first-order chi connectivity index (χ1) is 18.1. The molecule has 0 spiro atoms. The van der Waals surface area contributed by atoms with E-state index in [0.29, 0.717) is 12.8 Å². The predicted molar refractivity (Wildman–Crippen MR) is 128 cm³/mol. The SMILES string of the molecule is COC(=O)CCCCCCCCO[C@@H]1O[C@H](CO)[C@@H](O[C@@H]2O[C@H](CO)[C@H](O)[C@H](O)[C@H]2O)[C@H](O)[C@H]1NC(C)=O. The van der Waals surface area contributed by atoms with Crippen molar-refractivity contribution in [3.8, 4) is 0 Å². The van der Waals surface area contributed by atoms with Crippen LogP contribution in [0.5, 0.6) is 0 Å². The first-order valence-corrected chi connectivity index (χ1v) is 13.0. The highest BCUT2D eigenvalue weighted by Gasteiger charge is 2.51. The van der Waals surface area contributed by atoms with Crippen molar-refractivity contribution in [3.63, 3.8) is 0 Å². The maximum Gasteiger partial charge on any atom is 0.305 e. The molecule has 14 nitrogen and oxygen atoms in total. The molecule has 0 saturated carbocycles. The second-order valence-electron chi connectivity index (χ2n) is 9.56. The van der Waals surface area contributed by atoms with Gasteiger partial charge in [0.05, 0.1) is 20.3 Å². The summed E-state index contributed by atoms with van der Waals surface area (Å²) in [4.78, 5) is 22.9. The quantitative estimate of drug-likeness (QED) is 0.0838. The summed E-state index contributed by atoms with van der Waals surface area (Å²) in [5.74, 6) is -0.698. The van der Waals surface area contributed by atoms with Crippen LogP contribution in [0.2, 0.25) is 0 Å². The number of esters is 1. The molecule has 7 N–H and O–H groups in total. The molecule has 1 amide bonds. The molecular formula is C24H43NO13. The molecule has 0 aliphatic carbocycles. The number of methoxy groups -OCH3 is 1. The molecule has 2 fully saturated rings. The van der Waals surface area contributed by atoms with Gasteiger partial charge in [0.2, 0.25) is 5.91 Å². The van der Waals surface area contributed by atoms with E-state index in [1.807, 2.05) is 0 Å². The molecular weight excluding hydrogens is 510 g/mol. The number of carbonyl (C=O) groups is 2. The molecule has 2 aliphatic rings. The largest absolute Gasteiger partial charge is 0.469 e. The fourth-order valence-electron chi connectivity index (χ4n) is 4.48. The molecule has 0 radical (unpaired) electrons. The van der Waals surface area contributed by atoms with Crippen LogP contribution in [0.1, 0.15) is 51.9 Å². The Labute approximate surface area is 221 Å². The van der Waals surface area contributed by atoms with Crippen LogP contribution >= 0.6 is 0 Å². The maximum atomic E-state index is 11.8. The van der Waals surface area contributed by atoms with Crippen LogP contribution in [0.3, 0.4) is 0 Å². The minimum absolute atomic E-state index is 0.219. The number of aliphatic hydroxyl groups is 6. The molecule has 0 aromatic rings. The van der Waals surface area contributed by atoms with E-state index in [9.17, 15) is 40.2 Å². The van der Waals surface area contributed by atoms with Gasteiger partial charge in [0, 0.05) is 20.0 Å². The number of ether oxygens (including phenoxy) is 5. The van der Waals surface area contributed by atoms with Crippen LogP contribution in [0.4, 0.5) is 0 Å². The summed E-state index contributed by atoms with van der Waals surface area (Å²) in [7, 11) is 1.37. The van der Waals surface area contributed by atoms with E-state index >= 15 is 0 Å². The van der Waals surface area contributed by atoms with Crippen molar-refractivity contribution in [2.45, 2.75) is 113 Å². The van der Waals surface area contributed by atoms with Crippen LogP contribution < -0.4 is 5.32 Å². The summed E-state index contributed by atoms with van der Waals surface area (Å²) in [5.41, 5.74) is 0. The lowest BCUT2D eigenvalue weighted by atomic mass is 9.95. The number of unbranched alkanes of at least 4 members (excludes halogenated alkanes) is 5. The Hall–Kier alpha value is -1.46. The van der Waals surface area contributed by atoms with Crippen LogP contribution in [0.15, 0.2) is 0 Å². The molecule has 0 aromatic carbocycles. The highest BCUT2D eigenvalue weighted by Crippen LogP contribution is 2.29.